The Hall–Kier alpha value is -1.32. The molecule has 0 aliphatic rings. The van der Waals surface area contributed by atoms with Crippen LogP contribution in [0.4, 0.5) is 0 Å². The van der Waals surface area contributed by atoms with Gasteiger partial charge in [-0.25, -0.2) is 4.79 Å². The summed E-state index contributed by atoms with van der Waals surface area (Å²) in [4.78, 5) is 11.5. The van der Waals surface area contributed by atoms with E-state index < -0.39 is 6.10 Å². The van der Waals surface area contributed by atoms with Crippen molar-refractivity contribution in [2.45, 2.75) is 39.2 Å². The Morgan fingerprint density at radius 1 is 1.50 bits per heavy atom. The summed E-state index contributed by atoms with van der Waals surface area (Å²) >= 11 is 5.96. The molecule has 0 fully saturated rings. The summed E-state index contributed by atoms with van der Waals surface area (Å²) in [7, 11) is 0. The summed E-state index contributed by atoms with van der Waals surface area (Å²) in [5.41, 5.74) is 1.77. The molecule has 0 aliphatic carbocycles. The van der Waals surface area contributed by atoms with Gasteiger partial charge in [-0.1, -0.05) is 31.0 Å². The molecule has 1 unspecified atom stereocenters. The molecule has 0 bridgehead atoms. The van der Waals surface area contributed by atoms with E-state index in [1.807, 2.05) is 13.0 Å². The normalized spacial score (nSPS) is 12.6. The van der Waals surface area contributed by atoms with Crippen molar-refractivity contribution in [1.29, 1.82) is 0 Å². The van der Waals surface area contributed by atoms with Crippen molar-refractivity contribution in [1.82, 2.24) is 0 Å². The van der Waals surface area contributed by atoms with Gasteiger partial charge >= 0.3 is 5.97 Å². The molecule has 0 saturated heterocycles. The minimum atomic E-state index is -0.445. The molecule has 1 aromatic rings. The molecule has 3 nitrogen and oxygen atoms in total. The van der Waals surface area contributed by atoms with Crippen molar-refractivity contribution in [3.05, 3.63) is 40.4 Å². The largest absolute Gasteiger partial charge is 0.463 e. The Kier molecular flexibility index (Phi) is 7.34. The summed E-state index contributed by atoms with van der Waals surface area (Å²) < 4.78 is 5.05. The molecule has 1 atom stereocenters. The second-order valence-electron chi connectivity index (χ2n) is 4.75. The summed E-state index contributed by atoms with van der Waals surface area (Å²) in [6.45, 7) is 4.20. The average Bonchev–Trinajstić information content (AvgIpc) is 2.39. The lowest BCUT2D eigenvalue weighted by Crippen LogP contribution is -2.06. The van der Waals surface area contributed by atoms with Gasteiger partial charge in [-0.05, 0) is 49.1 Å². The number of benzene rings is 1. The smallest absolute Gasteiger partial charge is 0.330 e. The number of aliphatic hydroxyl groups excluding tert-OH is 1. The maximum atomic E-state index is 11.5. The van der Waals surface area contributed by atoms with E-state index in [9.17, 15) is 9.90 Å². The SMILES string of the molecule is CCCCOC(=O)/C=C/c1cc(Cl)ccc1CC(C)O. The third-order valence-electron chi connectivity index (χ3n) is 2.76. The van der Waals surface area contributed by atoms with Crippen LogP contribution in [0, 0.1) is 0 Å². The van der Waals surface area contributed by atoms with Crippen LogP contribution in [0.15, 0.2) is 24.3 Å². The van der Waals surface area contributed by atoms with Gasteiger partial charge in [0, 0.05) is 11.1 Å². The van der Waals surface area contributed by atoms with Gasteiger partial charge < -0.3 is 9.84 Å². The predicted molar refractivity (Wildman–Crippen MR) is 81.7 cm³/mol. The Labute approximate surface area is 125 Å². The summed E-state index contributed by atoms with van der Waals surface area (Å²) in [6, 6.07) is 5.41. The summed E-state index contributed by atoms with van der Waals surface area (Å²) in [6.07, 6.45) is 5.00. The molecule has 0 aliphatic heterocycles. The van der Waals surface area contributed by atoms with E-state index in [2.05, 4.69) is 0 Å². The number of hydrogen-bond donors (Lipinski definition) is 1. The van der Waals surface area contributed by atoms with E-state index in [4.69, 9.17) is 16.3 Å². The zero-order chi connectivity index (χ0) is 15.0. The fourth-order valence-corrected chi connectivity index (χ4v) is 1.93. The monoisotopic (exact) mass is 296 g/mol. The molecular formula is C16H21ClO3. The van der Waals surface area contributed by atoms with Crippen molar-refractivity contribution in [2.75, 3.05) is 6.61 Å². The van der Waals surface area contributed by atoms with Gasteiger partial charge in [0.15, 0.2) is 0 Å². The Balaban J connectivity index is 2.74. The van der Waals surface area contributed by atoms with Gasteiger partial charge in [-0.2, -0.15) is 0 Å². The fraction of sp³-hybridized carbons (Fsp3) is 0.438. The standard InChI is InChI=1S/C16H21ClO3/c1-3-4-9-20-16(19)8-6-14-11-15(17)7-5-13(14)10-12(2)18/h5-8,11-12,18H,3-4,9-10H2,1-2H3/b8-6+. The highest BCUT2D eigenvalue weighted by molar-refractivity contribution is 6.30. The van der Waals surface area contributed by atoms with Crippen LogP contribution in [-0.2, 0) is 16.0 Å². The number of carbonyl (C=O) groups is 1. The molecular weight excluding hydrogens is 276 g/mol. The van der Waals surface area contributed by atoms with Gasteiger partial charge in [-0.15, -0.1) is 0 Å². The molecule has 0 radical (unpaired) electrons. The molecule has 0 spiro atoms. The number of ether oxygens (including phenoxy) is 1. The van der Waals surface area contributed by atoms with Crippen LogP contribution in [0.5, 0.6) is 0 Å². The molecule has 4 heteroatoms. The molecule has 110 valence electrons. The van der Waals surface area contributed by atoms with Gasteiger partial charge in [0.2, 0.25) is 0 Å². The number of aliphatic hydroxyl groups is 1. The minimum Gasteiger partial charge on any atom is -0.463 e. The first-order chi connectivity index (χ1) is 9.52. The van der Waals surface area contributed by atoms with Gasteiger partial charge in [0.05, 0.1) is 12.7 Å². The number of rotatable bonds is 7. The molecule has 1 N–H and O–H groups in total. The van der Waals surface area contributed by atoms with Crippen LogP contribution in [0.3, 0.4) is 0 Å². The average molecular weight is 297 g/mol. The number of hydrogen-bond acceptors (Lipinski definition) is 3. The molecule has 1 rings (SSSR count). The third-order valence-corrected chi connectivity index (χ3v) is 3.00. The third kappa shape index (κ3) is 6.22. The van der Waals surface area contributed by atoms with Crippen molar-refractivity contribution >= 4 is 23.6 Å². The number of esters is 1. The first kappa shape index (κ1) is 16.7. The number of halogens is 1. The highest BCUT2D eigenvalue weighted by Crippen LogP contribution is 2.19. The highest BCUT2D eigenvalue weighted by atomic mass is 35.5. The van der Waals surface area contributed by atoms with E-state index in [1.54, 1.807) is 25.1 Å². The number of unbranched alkanes of at least 4 members (excludes halogenated alkanes) is 1. The zero-order valence-electron chi connectivity index (χ0n) is 11.9. The van der Waals surface area contributed by atoms with E-state index >= 15 is 0 Å². The van der Waals surface area contributed by atoms with Gasteiger partial charge in [0.1, 0.15) is 0 Å². The van der Waals surface area contributed by atoms with Crippen LogP contribution >= 0.6 is 11.6 Å². The number of carbonyl (C=O) groups excluding carboxylic acids is 1. The highest BCUT2D eigenvalue weighted by Gasteiger charge is 2.05. The molecule has 0 heterocycles. The van der Waals surface area contributed by atoms with Crippen molar-refractivity contribution < 1.29 is 14.6 Å². The Morgan fingerprint density at radius 3 is 2.90 bits per heavy atom. The van der Waals surface area contributed by atoms with E-state index in [0.29, 0.717) is 18.1 Å². The Morgan fingerprint density at radius 2 is 2.25 bits per heavy atom. The summed E-state index contributed by atoms with van der Waals surface area (Å²) in [5.74, 6) is -0.360. The molecule has 20 heavy (non-hydrogen) atoms. The maximum absolute atomic E-state index is 11.5. The van der Waals surface area contributed by atoms with Crippen LogP contribution in [-0.4, -0.2) is 23.8 Å². The lowest BCUT2D eigenvalue weighted by molar-refractivity contribution is -0.137. The van der Waals surface area contributed by atoms with Crippen LogP contribution in [0.1, 0.15) is 37.8 Å². The summed E-state index contributed by atoms with van der Waals surface area (Å²) in [5, 5.41) is 10.1. The molecule has 0 amide bonds. The Bertz CT molecular complexity index is 467. The zero-order valence-corrected chi connectivity index (χ0v) is 12.7. The first-order valence-electron chi connectivity index (χ1n) is 6.84. The maximum Gasteiger partial charge on any atom is 0.330 e. The van der Waals surface area contributed by atoms with E-state index in [-0.39, 0.29) is 5.97 Å². The molecule has 1 aromatic carbocycles. The molecule has 0 saturated carbocycles. The lowest BCUT2D eigenvalue weighted by atomic mass is 10.0. The fourth-order valence-electron chi connectivity index (χ4n) is 1.75. The second kappa shape index (κ2) is 8.77. The van der Waals surface area contributed by atoms with Crippen molar-refractivity contribution in [3.63, 3.8) is 0 Å². The van der Waals surface area contributed by atoms with Crippen LogP contribution in [0.25, 0.3) is 6.08 Å². The minimum absolute atomic E-state index is 0.360. The van der Waals surface area contributed by atoms with Gasteiger partial charge in [0.25, 0.3) is 0 Å². The lowest BCUT2D eigenvalue weighted by Gasteiger charge is -2.08. The van der Waals surface area contributed by atoms with Crippen LogP contribution in [0.2, 0.25) is 5.02 Å². The van der Waals surface area contributed by atoms with Gasteiger partial charge in [-0.3, -0.25) is 0 Å². The second-order valence-corrected chi connectivity index (χ2v) is 5.19. The topological polar surface area (TPSA) is 46.5 Å². The van der Waals surface area contributed by atoms with Crippen molar-refractivity contribution in [3.8, 4) is 0 Å². The predicted octanol–water partition coefficient (Wildman–Crippen LogP) is 3.62. The molecule has 0 aromatic heterocycles. The quantitative estimate of drug-likeness (QED) is 0.475. The van der Waals surface area contributed by atoms with E-state index in [1.165, 1.54) is 6.08 Å². The first-order valence-corrected chi connectivity index (χ1v) is 7.22. The van der Waals surface area contributed by atoms with Crippen LogP contribution < -0.4 is 0 Å². The van der Waals surface area contributed by atoms with Crippen molar-refractivity contribution in [2.24, 2.45) is 0 Å². The van der Waals surface area contributed by atoms with E-state index in [0.717, 1.165) is 24.0 Å².